The average Bonchev–Trinajstić information content (AvgIpc) is 2.08. The molecule has 0 aliphatic rings. The van der Waals surface area contributed by atoms with E-state index in [0.717, 1.165) is 13.0 Å². The van der Waals surface area contributed by atoms with Crippen molar-refractivity contribution >= 4 is 0 Å². The molecule has 4 heteroatoms. The lowest BCUT2D eigenvalue weighted by atomic mass is 10.2. The van der Waals surface area contributed by atoms with E-state index >= 15 is 0 Å². The first-order valence-electron chi connectivity index (χ1n) is 3.56. The molecule has 3 N–H and O–H groups in total. The molecule has 0 bridgehead atoms. The molecule has 66 valence electrons. The molecule has 0 saturated carbocycles. The molecule has 0 radical (unpaired) electrons. The Hall–Kier alpha value is -1.42. The lowest BCUT2D eigenvalue weighted by Gasteiger charge is -1.93. The van der Waals surface area contributed by atoms with Crippen LogP contribution in [0.1, 0.15) is 5.56 Å². The molecule has 0 amide bonds. The van der Waals surface area contributed by atoms with Gasteiger partial charge in [0, 0.05) is 0 Å². The van der Waals surface area contributed by atoms with E-state index in [4.69, 9.17) is 15.8 Å². The molecular formula is C8H12N2O2. The molecule has 12 heavy (non-hydrogen) atoms. The molecule has 0 heterocycles. The fourth-order valence-corrected chi connectivity index (χ4v) is 0.811. The second kappa shape index (κ2) is 7.68. The standard InChI is InChI=1S/C8H11N.HNO2/c9-7-6-8-4-2-1-3-5-8;2-1-3/h1-5H,6-7,9H2;(H,2,3). The van der Waals surface area contributed by atoms with Crippen molar-refractivity contribution in [3.63, 3.8) is 0 Å². The van der Waals surface area contributed by atoms with E-state index in [1.165, 1.54) is 10.9 Å². The van der Waals surface area contributed by atoms with Crippen molar-refractivity contribution in [1.29, 1.82) is 0 Å². The molecule has 0 atom stereocenters. The fraction of sp³-hybridized carbons (Fsp3) is 0.250. The van der Waals surface area contributed by atoms with Crippen LogP contribution in [0.3, 0.4) is 0 Å². The minimum Gasteiger partial charge on any atom is -0.379 e. The Morgan fingerprint density at radius 3 is 2.25 bits per heavy atom. The molecule has 0 saturated heterocycles. The van der Waals surface area contributed by atoms with Crippen molar-refractivity contribution in [2.75, 3.05) is 6.54 Å². The third-order valence-electron chi connectivity index (χ3n) is 1.28. The number of hydrogen-bond donors (Lipinski definition) is 2. The summed E-state index contributed by atoms with van der Waals surface area (Å²) in [7, 11) is 0. The molecule has 1 aromatic carbocycles. The van der Waals surface area contributed by atoms with Crippen molar-refractivity contribution in [3.8, 4) is 0 Å². The summed E-state index contributed by atoms with van der Waals surface area (Å²) in [4.78, 5) is 8.11. The van der Waals surface area contributed by atoms with E-state index in [1.807, 2.05) is 18.2 Å². The van der Waals surface area contributed by atoms with Crippen LogP contribution in [0.5, 0.6) is 0 Å². The largest absolute Gasteiger partial charge is 0.379 e. The SMILES string of the molecule is NCCc1ccccc1.O=NO. The Kier molecular flexibility index (Phi) is 6.78. The van der Waals surface area contributed by atoms with Gasteiger partial charge in [0.15, 0.2) is 5.34 Å². The normalized spacial score (nSPS) is 8.08. The van der Waals surface area contributed by atoms with Crippen LogP contribution in [0.4, 0.5) is 0 Å². The molecule has 1 rings (SSSR count). The summed E-state index contributed by atoms with van der Waals surface area (Å²) in [5.74, 6) is 0. The Morgan fingerprint density at radius 1 is 1.33 bits per heavy atom. The van der Waals surface area contributed by atoms with Crippen LogP contribution in [0.2, 0.25) is 0 Å². The molecule has 0 aliphatic carbocycles. The van der Waals surface area contributed by atoms with E-state index in [0.29, 0.717) is 0 Å². The summed E-state index contributed by atoms with van der Waals surface area (Å²) >= 11 is 0. The summed E-state index contributed by atoms with van der Waals surface area (Å²) in [5.41, 5.74) is 6.68. The third-order valence-corrected chi connectivity index (χ3v) is 1.28. The summed E-state index contributed by atoms with van der Waals surface area (Å²) in [5, 5.41) is 7.89. The Labute approximate surface area is 71.0 Å². The van der Waals surface area contributed by atoms with Gasteiger partial charge in [-0.25, -0.2) is 0 Å². The summed E-state index contributed by atoms with van der Waals surface area (Å²) in [6.07, 6.45) is 0.987. The minimum absolute atomic E-state index is 0.740. The van der Waals surface area contributed by atoms with Gasteiger partial charge in [0.2, 0.25) is 0 Å². The van der Waals surface area contributed by atoms with Crippen LogP contribution >= 0.6 is 0 Å². The van der Waals surface area contributed by atoms with Crippen molar-refractivity contribution in [3.05, 3.63) is 40.8 Å². The van der Waals surface area contributed by atoms with Gasteiger partial charge < -0.3 is 10.9 Å². The van der Waals surface area contributed by atoms with Gasteiger partial charge in [-0.15, -0.1) is 4.91 Å². The van der Waals surface area contributed by atoms with Crippen LogP contribution in [0.25, 0.3) is 0 Å². The quantitative estimate of drug-likeness (QED) is 0.516. The molecule has 0 unspecified atom stereocenters. The molecule has 0 aliphatic heterocycles. The lowest BCUT2D eigenvalue weighted by molar-refractivity contribution is 0.312. The number of hydrogen-bond acceptors (Lipinski definition) is 3. The zero-order valence-corrected chi connectivity index (χ0v) is 6.68. The van der Waals surface area contributed by atoms with Crippen LogP contribution in [-0.2, 0) is 6.42 Å². The Bertz CT molecular complexity index is 201. The van der Waals surface area contributed by atoms with E-state index in [9.17, 15) is 0 Å². The van der Waals surface area contributed by atoms with E-state index in [-0.39, 0.29) is 0 Å². The van der Waals surface area contributed by atoms with Crippen molar-refractivity contribution in [2.45, 2.75) is 6.42 Å². The highest BCUT2D eigenvalue weighted by Crippen LogP contribution is 1.96. The minimum atomic E-state index is 0.740. The topological polar surface area (TPSA) is 75.7 Å². The summed E-state index contributed by atoms with van der Waals surface area (Å²) in [6, 6.07) is 10.3. The first kappa shape index (κ1) is 10.6. The van der Waals surface area contributed by atoms with Gasteiger partial charge in [-0.2, -0.15) is 0 Å². The van der Waals surface area contributed by atoms with Gasteiger partial charge in [0.05, 0.1) is 0 Å². The van der Waals surface area contributed by atoms with Crippen molar-refractivity contribution in [2.24, 2.45) is 11.1 Å². The van der Waals surface area contributed by atoms with Gasteiger partial charge in [-0.1, -0.05) is 30.3 Å². The predicted octanol–water partition coefficient (Wildman–Crippen LogP) is 1.33. The van der Waals surface area contributed by atoms with Crippen LogP contribution in [-0.4, -0.2) is 11.8 Å². The number of nitrogens with two attached hydrogens (primary N) is 1. The molecule has 0 fully saturated rings. The highest BCUT2D eigenvalue weighted by Gasteiger charge is 1.84. The number of rotatable bonds is 2. The Morgan fingerprint density at radius 2 is 1.83 bits per heavy atom. The maximum Gasteiger partial charge on any atom is 0.152 e. The first-order valence-corrected chi connectivity index (χ1v) is 3.56. The third kappa shape index (κ3) is 5.37. The second-order valence-corrected chi connectivity index (χ2v) is 2.11. The van der Waals surface area contributed by atoms with Crippen LogP contribution in [0.15, 0.2) is 35.7 Å². The highest BCUT2D eigenvalue weighted by atomic mass is 16.6. The van der Waals surface area contributed by atoms with Crippen molar-refractivity contribution in [1.82, 2.24) is 0 Å². The van der Waals surface area contributed by atoms with Gasteiger partial charge in [0.1, 0.15) is 0 Å². The summed E-state index contributed by atoms with van der Waals surface area (Å²) < 4.78 is 0. The Balaban J connectivity index is 0.000000354. The smallest absolute Gasteiger partial charge is 0.152 e. The second-order valence-electron chi connectivity index (χ2n) is 2.11. The monoisotopic (exact) mass is 168 g/mol. The zero-order valence-electron chi connectivity index (χ0n) is 6.68. The summed E-state index contributed by atoms with van der Waals surface area (Å²) in [6.45, 7) is 0.740. The van der Waals surface area contributed by atoms with Gasteiger partial charge in [0.25, 0.3) is 0 Å². The van der Waals surface area contributed by atoms with Gasteiger partial charge >= 0.3 is 0 Å². The van der Waals surface area contributed by atoms with E-state index in [1.54, 1.807) is 0 Å². The average molecular weight is 168 g/mol. The molecule has 0 aromatic heterocycles. The van der Waals surface area contributed by atoms with Gasteiger partial charge in [-0.3, -0.25) is 0 Å². The number of benzene rings is 1. The molecule has 0 spiro atoms. The molecule has 4 nitrogen and oxygen atoms in total. The van der Waals surface area contributed by atoms with Crippen LogP contribution in [0, 0.1) is 4.91 Å². The van der Waals surface area contributed by atoms with Crippen molar-refractivity contribution < 1.29 is 5.21 Å². The maximum absolute atomic E-state index is 8.11. The highest BCUT2D eigenvalue weighted by molar-refractivity contribution is 5.14. The maximum atomic E-state index is 8.11. The van der Waals surface area contributed by atoms with Crippen LogP contribution < -0.4 is 5.73 Å². The van der Waals surface area contributed by atoms with E-state index in [2.05, 4.69) is 12.1 Å². The predicted molar refractivity (Wildman–Crippen MR) is 46.8 cm³/mol. The van der Waals surface area contributed by atoms with E-state index < -0.39 is 0 Å². The fourth-order valence-electron chi connectivity index (χ4n) is 0.811. The van der Waals surface area contributed by atoms with Gasteiger partial charge in [-0.05, 0) is 18.5 Å². The lowest BCUT2D eigenvalue weighted by Crippen LogP contribution is -2.01. The number of nitrogens with zero attached hydrogens (tertiary/aromatic N) is 1. The molecular weight excluding hydrogens is 156 g/mol. The molecule has 1 aromatic rings. The zero-order chi connectivity index (χ0) is 9.23. The first-order chi connectivity index (χ1) is 5.85.